The van der Waals surface area contributed by atoms with Gasteiger partial charge in [-0.15, -0.1) is 11.3 Å². The first-order valence-electron chi connectivity index (χ1n) is 11.0. The highest BCUT2D eigenvalue weighted by Gasteiger charge is 2.32. The molecule has 0 spiro atoms. The van der Waals surface area contributed by atoms with Crippen LogP contribution in [-0.2, 0) is 19.6 Å². The van der Waals surface area contributed by atoms with E-state index in [-0.39, 0.29) is 29.0 Å². The number of aryl methyl sites for hydroxylation is 1. The van der Waals surface area contributed by atoms with Gasteiger partial charge in [-0.1, -0.05) is 17.7 Å². The molecule has 0 unspecified atom stereocenters. The highest BCUT2D eigenvalue weighted by molar-refractivity contribution is 7.89. The van der Waals surface area contributed by atoms with Crippen molar-refractivity contribution < 1.29 is 22.7 Å². The van der Waals surface area contributed by atoms with Crippen LogP contribution in [0.25, 0.3) is 0 Å². The molecule has 0 atom stereocenters. The highest BCUT2D eigenvalue weighted by Crippen LogP contribution is 2.33. The Morgan fingerprint density at radius 2 is 1.91 bits per heavy atom. The van der Waals surface area contributed by atoms with Crippen molar-refractivity contribution in [3.63, 3.8) is 0 Å². The summed E-state index contributed by atoms with van der Waals surface area (Å²) in [5.41, 5.74) is 0.476. The van der Waals surface area contributed by atoms with E-state index in [1.807, 2.05) is 6.92 Å². The molecular formula is C23H30ClN3O5S2. The third-order valence-corrected chi connectivity index (χ3v) is 8.77. The minimum Gasteiger partial charge on any atom is -0.459 e. The maximum Gasteiger partial charge on any atom is 0.326 e. The second kappa shape index (κ2) is 10.3. The number of hydrogen-bond acceptors (Lipinski definition) is 7. The summed E-state index contributed by atoms with van der Waals surface area (Å²) in [7, 11) is -2.09. The number of halogens is 1. The molecule has 0 saturated carbocycles. The van der Waals surface area contributed by atoms with Gasteiger partial charge in [0.15, 0.2) is 0 Å². The summed E-state index contributed by atoms with van der Waals surface area (Å²) in [5.74, 6) is -0.775. The first-order valence-corrected chi connectivity index (χ1v) is 13.7. The lowest BCUT2D eigenvalue weighted by molar-refractivity contribution is -0.155. The average molecular weight is 528 g/mol. The molecule has 34 heavy (non-hydrogen) atoms. The van der Waals surface area contributed by atoms with Gasteiger partial charge in [0, 0.05) is 36.5 Å². The van der Waals surface area contributed by atoms with Crippen LogP contribution in [0.3, 0.4) is 0 Å². The number of piperidine rings is 1. The maximum atomic E-state index is 13.0. The minimum atomic E-state index is -3.62. The molecule has 186 valence electrons. The van der Waals surface area contributed by atoms with Gasteiger partial charge in [0.25, 0.3) is 5.91 Å². The number of esters is 1. The summed E-state index contributed by atoms with van der Waals surface area (Å²) < 4.78 is 32.7. The van der Waals surface area contributed by atoms with E-state index in [0.29, 0.717) is 31.0 Å². The fourth-order valence-electron chi connectivity index (χ4n) is 3.63. The number of benzene rings is 1. The summed E-state index contributed by atoms with van der Waals surface area (Å²) in [5, 5.41) is 2.90. The fourth-order valence-corrected chi connectivity index (χ4v) is 6.34. The van der Waals surface area contributed by atoms with Gasteiger partial charge < -0.3 is 9.64 Å². The number of carbonyl (C=O) groups is 2. The Balaban J connectivity index is 1.60. The van der Waals surface area contributed by atoms with Crippen molar-refractivity contribution in [2.75, 3.05) is 26.7 Å². The zero-order chi connectivity index (χ0) is 25.3. The van der Waals surface area contributed by atoms with Crippen molar-refractivity contribution in [1.82, 2.24) is 14.2 Å². The van der Waals surface area contributed by atoms with Crippen LogP contribution in [0.5, 0.6) is 0 Å². The lowest BCUT2D eigenvalue weighted by Gasteiger charge is -2.30. The number of likely N-dealkylation sites (N-methyl/N-ethyl adjacent to an activating group) is 1. The zero-order valence-electron chi connectivity index (χ0n) is 20.0. The largest absolute Gasteiger partial charge is 0.459 e. The Kier molecular flexibility index (Phi) is 8.07. The van der Waals surface area contributed by atoms with Gasteiger partial charge in [0.05, 0.1) is 9.90 Å². The van der Waals surface area contributed by atoms with Crippen molar-refractivity contribution >= 4 is 44.8 Å². The Morgan fingerprint density at radius 1 is 1.26 bits per heavy atom. The number of nitrogens with zero attached hydrogens (tertiary/aromatic N) is 3. The van der Waals surface area contributed by atoms with Gasteiger partial charge in [0.1, 0.15) is 17.8 Å². The molecule has 1 aromatic carbocycles. The minimum absolute atomic E-state index is 0.0655. The third kappa shape index (κ3) is 6.35. The van der Waals surface area contributed by atoms with Crippen LogP contribution in [-0.4, -0.2) is 66.8 Å². The van der Waals surface area contributed by atoms with Crippen LogP contribution in [0.4, 0.5) is 0 Å². The number of aromatic nitrogens is 1. The smallest absolute Gasteiger partial charge is 0.326 e. The average Bonchev–Trinajstić information content (AvgIpc) is 3.24. The van der Waals surface area contributed by atoms with Gasteiger partial charge in [-0.25, -0.2) is 13.4 Å². The second-order valence-electron chi connectivity index (χ2n) is 9.41. The molecule has 1 amide bonds. The van der Waals surface area contributed by atoms with Crippen molar-refractivity contribution in [1.29, 1.82) is 0 Å². The topological polar surface area (TPSA) is 96.9 Å². The van der Waals surface area contributed by atoms with E-state index in [1.165, 1.54) is 33.7 Å². The molecule has 1 saturated heterocycles. The van der Waals surface area contributed by atoms with Crippen LogP contribution in [0.15, 0.2) is 28.5 Å². The van der Waals surface area contributed by atoms with E-state index in [0.717, 1.165) is 10.6 Å². The van der Waals surface area contributed by atoms with E-state index in [9.17, 15) is 18.0 Å². The fraction of sp³-hybridized carbons (Fsp3) is 0.522. The number of rotatable bonds is 6. The first-order chi connectivity index (χ1) is 15.8. The summed E-state index contributed by atoms with van der Waals surface area (Å²) in [6.45, 7) is 7.69. The predicted molar refractivity (Wildman–Crippen MR) is 132 cm³/mol. The van der Waals surface area contributed by atoms with E-state index >= 15 is 0 Å². The zero-order valence-corrected chi connectivity index (χ0v) is 22.4. The molecular weight excluding hydrogens is 498 g/mol. The highest BCUT2D eigenvalue weighted by atomic mass is 35.5. The number of ether oxygens (including phenoxy) is 1. The van der Waals surface area contributed by atoms with Crippen molar-refractivity contribution in [2.24, 2.45) is 0 Å². The standard InChI is InChI=1S/C23H30ClN3O5S2/c1-15-6-7-17(12-18(15)24)34(30,31)27-10-8-16(9-11-27)21-25-19(14-33-21)22(29)26(5)13-20(28)32-23(2,3)4/h6-7,12,14,16H,8-11,13H2,1-5H3. The number of sulfonamides is 1. The first kappa shape index (κ1) is 26.6. The van der Waals surface area contributed by atoms with Gasteiger partial charge in [0.2, 0.25) is 10.0 Å². The number of amides is 1. The van der Waals surface area contributed by atoms with E-state index in [2.05, 4.69) is 4.98 Å². The van der Waals surface area contributed by atoms with Gasteiger partial charge >= 0.3 is 5.97 Å². The van der Waals surface area contributed by atoms with Crippen molar-refractivity contribution in [3.8, 4) is 0 Å². The Labute approximate surface area is 209 Å². The Morgan fingerprint density at radius 3 is 2.50 bits per heavy atom. The molecule has 3 rings (SSSR count). The van der Waals surface area contributed by atoms with Crippen molar-refractivity contribution in [2.45, 2.75) is 57.0 Å². The number of hydrogen-bond donors (Lipinski definition) is 0. The molecule has 2 heterocycles. The van der Waals surface area contributed by atoms with Gasteiger partial charge in [-0.05, 0) is 58.2 Å². The summed E-state index contributed by atoms with van der Waals surface area (Å²) in [4.78, 5) is 30.7. The predicted octanol–water partition coefficient (Wildman–Crippen LogP) is 4.09. The van der Waals surface area contributed by atoms with Crippen LogP contribution in [0, 0.1) is 6.92 Å². The molecule has 1 aliphatic rings. The van der Waals surface area contributed by atoms with Crippen LogP contribution in [0.1, 0.15) is 60.6 Å². The molecule has 0 bridgehead atoms. The van der Waals surface area contributed by atoms with E-state index in [4.69, 9.17) is 16.3 Å². The summed E-state index contributed by atoms with van der Waals surface area (Å²) in [6, 6.07) is 4.77. The van der Waals surface area contributed by atoms with Crippen molar-refractivity contribution in [3.05, 3.63) is 44.9 Å². The quantitative estimate of drug-likeness (QED) is 0.525. The van der Waals surface area contributed by atoms with Crippen LogP contribution < -0.4 is 0 Å². The van der Waals surface area contributed by atoms with E-state index in [1.54, 1.807) is 38.3 Å². The van der Waals surface area contributed by atoms with Crippen LogP contribution in [0.2, 0.25) is 5.02 Å². The molecule has 11 heteroatoms. The number of carbonyl (C=O) groups excluding carboxylic acids is 2. The molecule has 8 nitrogen and oxygen atoms in total. The number of thiazole rings is 1. The molecule has 0 radical (unpaired) electrons. The van der Waals surface area contributed by atoms with Crippen LogP contribution >= 0.6 is 22.9 Å². The molecule has 1 aliphatic heterocycles. The third-order valence-electron chi connectivity index (χ3n) is 5.46. The second-order valence-corrected chi connectivity index (χ2v) is 12.6. The normalized spacial score (nSPS) is 15.8. The maximum absolute atomic E-state index is 13.0. The molecule has 1 aromatic heterocycles. The molecule has 2 aromatic rings. The Bertz CT molecular complexity index is 1170. The lowest BCUT2D eigenvalue weighted by atomic mass is 9.99. The lowest BCUT2D eigenvalue weighted by Crippen LogP contribution is -2.38. The SMILES string of the molecule is Cc1ccc(S(=O)(=O)N2CCC(c3nc(C(=O)N(C)CC(=O)OC(C)(C)C)cs3)CC2)cc1Cl. The molecule has 1 fully saturated rings. The molecule has 0 N–H and O–H groups in total. The summed E-state index contributed by atoms with van der Waals surface area (Å²) >= 11 is 7.50. The van der Waals surface area contributed by atoms with Gasteiger partial charge in [-0.3, -0.25) is 9.59 Å². The molecule has 0 aliphatic carbocycles. The Hall–Kier alpha value is -2.01. The van der Waals surface area contributed by atoms with E-state index < -0.39 is 21.6 Å². The van der Waals surface area contributed by atoms with Gasteiger partial charge in [-0.2, -0.15) is 4.31 Å². The summed E-state index contributed by atoms with van der Waals surface area (Å²) in [6.07, 6.45) is 1.21. The monoisotopic (exact) mass is 527 g/mol.